The fraction of sp³-hybridized carbons (Fsp3) is 0.750. The van der Waals surface area contributed by atoms with Gasteiger partial charge < -0.3 is 0 Å². The van der Waals surface area contributed by atoms with Crippen LogP contribution >= 0.6 is 7.41 Å². The first-order chi connectivity index (χ1) is 2.56. The quantitative estimate of drug-likeness (QED) is 0.351. The van der Waals surface area contributed by atoms with Crippen LogP contribution in [0.3, 0.4) is 0 Å². The van der Waals surface area contributed by atoms with E-state index in [-0.39, 0.29) is 0 Å². The van der Waals surface area contributed by atoms with Gasteiger partial charge in [0.2, 0.25) is 0 Å². The van der Waals surface area contributed by atoms with Gasteiger partial charge in [-0.3, -0.25) is 0 Å². The van der Waals surface area contributed by atoms with Gasteiger partial charge in [-0.05, 0) is 0 Å². The zero-order valence-electron chi connectivity index (χ0n) is 4.65. The van der Waals surface area contributed by atoms with Gasteiger partial charge in [0, 0.05) is 0 Å². The summed E-state index contributed by atoms with van der Waals surface area (Å²) in [5.41, 5.74) is 0. The molecule has 0 unspecified atom stereocenters. The monoisotopic (exact) mass is 105 g/mol. The second-order valence-electron chi connectivity index (χ2n) is 2.33. The summed E-state index contributed by atoms with van der Waals surface area (Å²) in [6, 6.07) is 0. The van der Waals surface area contributed by atoms with E-state index in [2.05, 4.69) is 31.5 Å². The van der Waals surface area contributed by atoms with E-state index in [9.17, 15) is 0 Å². The third-order valence-corrected chi connectivity index (χ3v) is 1.42. The van der Waals surface area contributed by atoms with Gasteiger partial charge in [0.1, 0.15) is 0 Å². The summed E-state index contributed by atoms with van der Waals surface area (Å²) < 4.78 is 3.91. The van der Waals surface area contributed by atoms with Gasteiger partial charge in [-0.15, -0.1) is 0 Å². The molecule has 0 atom stereocenters. The predicted molar refractivity (Wildman–Crippen MR) is 35.6 cm³/mol. The summed E-state index contributed by atoms with van der Waals surface area (Å²) in [5, 5.41) is 0. The summed E-state index contributed by atoms with van der Waals surface area (Å²) >= 11 is 0. The number of nitrogens with zero attached hydrogens (tertiary/aromatic N) is 1. The molecule has 0 aromatic carbocycles. The Labute approximate surface area is 39.9 Å². The molecule has 0 N–H and O–H groups in total. The zero-order chi connectivity index (χ0) is 5.21. The van der Waals surface area contributed by atoms with E-state index in [0.29, 0.717) is 0 Å². The van der Waals surface area contributed by atoms with Gasteiger partial charge in [-0.1, -0.05) is 0 Å². The molecule has 0 fully saturated rings. The van der Waals surface area contributed by atoms with Crippen molar-refractivity contribution >= 4 is 14.1 Å². The van der Waals surface area contributed by atoms with Crippen LogP contribution in [-0.2, 0) is 0 Å². The van der Waals surface area contributed by atoms with Gasteiger partial charge in [-0.25, -0.2) is 0 Å². The Hall–Kier alpha value is 0.100. The van der Waals surface area contributed by atoms with Crippen LogP contribution in [0.4, 0.5) is 0 Å². The first kappa shape index (κ1) is 6.10. The molecule has 0 radical (unpaired) electrons. The Morgan fingerprint density at radius 1 is 1.33 bits per heavy atom. The van der Waals surface area contributed by atoms with Crippen molar-refractivity contribution in [1.82, 2.24) is 0 Å². The Bertz CT molecular complexity index is 53.1. The third kappa shape index (κ3) is 4.10. The minimum absolute atomic E-state index is 1.12. The third-order valence-electron chi connectivity index (χ3n) is 0.474. The molecule has 0 saturated carbocycles. The molecular formula is C4H12NP. The molecule has 0 aliphatic carbocycles. The molecule has 0 amide bonds. The van der Waals surface area contributed by atoms with Crippen molar-refractivity contribution in [3.63, 3.8) is 0 Å². The summed E-state index contributed by atoms with van der Waals surface area (Å²) in [6.45, 7) is 9.90. The van der Waals surface area contributed by atoms with Gasteiger partial charge in [0.15, 0.2) is 0 Å². The second-order valence-corrected chi connectivity index (χ2v) is 6.99. The Morgan fingerprint density at radius 3 is 1.50 bits per heavy atom. The van der Waals surface area contributed by atoms with Crippen molar-refractivity contribution in [2.45, 2.75) is 0 Å². The molecule has 2 heteroatoms. The van der Waals surface area contributed by atoms with Crippen LogP contribution in [-0.4, -0.2) is 26.7 Å². The minimum atomic E-state index is -1.12. The van der Waals surface area contributed by atoms with Crippen LogP contribution < -0.4 is 0 Å². The molecule has 0 bridgehead atoms. The van der Waals surface area contributed by atoms with Gasteiger partial charge >= 0.3 is 38.9 Å². The fourth-order valence-corrected chi connectivity index (χ4v) is 0. The summed E-state index contributed by atoms with van der Waals surface area (Å²) in [7, 11) is -1.12. The molecule has 0 rings (SSSR count). The first-order valence-electron chi connectivity index (χ1n) is 2.04. The molecule has 0 aliphatic heterocycles. The maximum atomic E-state index is 3.91. The summed E-state index contributed by atoms with van der Waals surface area (Å²) in [4.78, 5) is 0. The van der Waals surface area contributed by atoms with E-state index in [1.54, 1.807) is 0 Å². The van der Waals surface area contributed by atoms with E-state index in [1.165, 1.54) is 0 Å². The van der Waals surface area contributed by atoms with Crippen molar-refractivity contribution in [1.29, 1.82) is 0 Å². The SMILES string of the molecule is C=N[PH](C)(C)C. The van der Waals surface area contributed by atoms with Crippen LogP contribution in [0.15, 0.2) is 4.76 Å². The number of hydrogen-bond donors (Lipinski definition) is 0. The van der Waals surface area contributed by atoms with E-state index < -0.39 is 7.41 Å². The molecule has 0 aromatic rings. The van der Waals surface area contributed by atoms with Gasteiger partial charge in [0.05, 0.1) is 0 Å². The van der Waals surface area contributed by atoms with Gasteiger partial charge in [-0.2, -0.15) is 0 Å². The fourth-order valence-electron chi connectivity index (χ4n) is 0. The van der Waals surface area contributed by atoms with Crippen molar-refractivity contribution in [3.8, 4) is 0 Å². The molecule has 0 spiro atoms. The Morgan fingerprint density at radius 2 is 1.50 bits per heavy atom. The molecule has 38 valence electrons. The first-order valence-corrected chi connectivity index (χ1v) is 5.49. The van der Waals surface area contributed by atoms with E-state index in [0.717, 1.165) is 0 Å². The molecule has 1 nitrogen and oxygen atoms in total. The predicted octanol–water partition coefficient (Wildman–Crippen LogP) is 1.24. The van der Waals surface area contributed by atoms with Crippen LogP contribution in [0.5, 0.6) is 0 Å². The second kappa shape index (κ2) is 1.70. The molecule has 6 heavy (non-hydrogen) atoms. The maximum absolute atomic E-state index is 3.91. The summed E-state index contributed by atoms with van der Waals surface area (Å²) in [6.07, 6.45) is 0. The summed E-state index contributed by atoms with van der Waals surface area (Å²) in [5.74, 6) is 0. The van der Waals surface area contributed by atoms with Crippen LogP contribution in [0.2, 0.25) is 0 Å². The van der Waals surface area contributed by atoms with E-state index in [1.807, 2.05) is 0 Å². The molecule has 0 aliphatic rings. The Kier molecular flexibility index (Phi) is 1.73. The van der Waals surface area contributed by atoms with Crippen LogP contribution in [0.25, 0.3) is 0 Å². The zero-order valence-corrected chi connectivity index (χ0v) is 5.65. The topological polar surface area (TPSA) is 12.4 Å². The van der Waals surface area contributed by atoms with Crippen molar-refractivity contribution < 1.29 is 0 Å². The van der Waals surface area contributed by atoms with Gasteiger partial charge in [0.25, 0.3) is 0 Å². The van der Waals surface area contributed by atoms with Crippen LogP contribution in [0, 0.1) is 0 Å². The number of rotatable bonds is 1. The molecule has 0 aromatic heterocycles. The Balaban J connectivity index is 3.45. The van der Waals surface area contributed by atoms with Crippen molar-refractivity contribution in [2.75, 3.05) is 20.0 Å². The normalized spacial score (nSPS) is 13.8. The average Bonchev–Trinajstić information content (AvgIpc) is 1.35. The average molecular weight is 105 g/mol. The van der Waals surface area contributed by atoms with E-state index in [4.69, 9.17) is 0 Å². The number of hydrogen-bond acceptors (Lipinski definition) is 1. The van der Waals surface area contributed by atoms with Crippen LogP contribution in [0.1, 0.15) is 0 Å². The van der Waals surface area contributed by atoms with E-state index >= 15 is 0 Å². The molecule has 0 saturated heterocycles. The molecule has 0 heterocycles. The van der Waals surface area contributed by atoms with Crippen molar-refractivity contribution in [2.24, 2.45) is 4.76 Å². The molecular weight excluding hydrogens is 93.0 g/mol. The standard InChI is InChI=1S/C4H12NP/c1-5-6(2,3)4/h6H,1H2,2-4H3. The van der Waals surface area contributed by atoms with Crippen molar-refractivity contribution in [3.05, 3.63) is 0 Å².